The van der Waals surface area contributed by atoms with Crippen molar-refractivity contribution >= 4 is 11.5 Å². The monoisotopic (exact) mass is 539 g/mol. The summed E-state index contributed by atoms with van der Waals surface area (Å²) in [7, 11) is 0. The molecule has 0 saturated carbocycles. The Kier molecular flexibility index (Phi) is 14.2. The molecular weight excluding hydrogens is 494 g/mol. The van der Waals surface area contributed by atoms with Gasteiger partial charge in [0.2, 0.25) is 5.78 Å². The van der Waals surface area contributed by atoms with Crippen LogP contribution >= 0.6 is 0 Å². The summed E-state index contributed by atoms with van der Waals surface area (Å²) >= 11 is 0. The van der Waals surface area contributed by atoms with Gasteiger partial charge in [0.1, 0.15) is 24.1 Å². The molecule has 1 saturated heterocycles. The van der Waals surface area contributed by atoms with Gasteiger partial charge in [-0.3, -0.25) is 14.9 Å². The SMILES string of the molecule is CCCCCCCCCCCCCCCC(=O)[C@]1(Oc2ccc([N+](=O)[O-])cc2)O[C@H](CO)[C@@H](O)[C@H](O)[C@H]1O. The summed E-state index contributed by atoms with van der Waals surface area (Å²) in [6.07, 6.45) is 8.03. The predicted octanol–water partition coefficient (Wildman–Crippen LogP) is 4.19. The largest absolute Gasteiger partial charge is 0.452 e. The molecule has 1 heterocycles. The lowest BCUT2D eigenvalue weighted by molar-refractivity contribution is -0.384. The van der Waals surface area contributed by atoms with Gasteiger partial charge < -0.3 is 29.9 Å². The summed E-state index contributed by atoms with van der Waals surface area (Å²) in [6.45, 7) is 1.50. The van der Waals surface area contributed by atoms with Crippen LogP contribution in [0.25, 0.3) is 0 Å². The first-order valence-corrected chi connectivity index (χ1v) is 14.1. The summed E-state index contributed by atoms with van der Waals surface area (Å²) in [5, 5.41) is 51.9. The summed E-state index contributed by atoms with van der Waals surface area (Å²) in [4.78, 5) is 23.7. The Hall–Kier alpha value is -2.11. The zero-order valence-electron chi connectivity index (χ0n) is 22.5. The van der Waals surface area contributed by atoms with Crippen molar-refractivity contribution in [1.82, 2.24) is 0 Å². The smallest absolute Gasteiger partial charge is 0.299 e. The molecule has 0 amide bonds. The van der Waals surface area contributed by atoms with E-state index in [0.29, 0.717) is 6.42 Å². The third-order valence-corrected chi connectivity index (χ3v) is 7.16. The van der Waals surface area contributed by atoms with E-state index in [1.807, 2.05) is 0 Å². The van der Waals surface area contributed by atoms with Crippen molar-refractivity contribution in [1.29, 1.82) is 0 Å². The molecule has 1 aliphatic heterocycles. The Morgan fingerprint density at radius 3 is 1.87 bits per heavy atom. The van der Waals surface area contributed by atoms with Gasteiger partial charge in [-0.2, -0.15) is 0 Å². The number of nitro groups is 1. The van der Waals surface area contributed by atoms with E-state index in [-0.39, 0.29) is 17.9 Å². The second kappa shape index (κ2) is 16.8. The number of unbranched alkanes of at least 4 members (excludes halogenated alkanes) is 12. The van der Waals surface area contributed by atoms with Crippen molar-refractivity contribution < 1.29 is 39.6 Å². The highest BCUT2D eigenvalue weighted by molar-refractivity contribution is 5.87. The molecule has 1 aliphatic rings. The number of nitrogens with zero attached hydrogens (tertiary/aromatic N) is 1. The predicted molar refractivity (Wildman–Crippen MR) is 142 cm³/mol. The van der Waals surface area contributed by atoms with Crippen molar-refractivity contribution in [3.8, 4) is 5.75 Å². The van der Waals surface area contributed by atoms with E-state index in [1.54, 1.807) is 0 Å². The maximum absolute atomic E-state index is 13.3. The van der Waals surface area contributed by atoms with Crippen molar-refractivity contribution in [3.05, 3.63) is 34.4 Å². The van der Waals surface area contributed by atoms with Crippen LogP contribution in [0.15, 0.2) is 24.3 Å². The lowest BCUT2D eigenvalue weighted by Gasteiger charge is -2.46. The minimum Gasteiger partial charge on any atom is -0.452 e. The number of Topliss-reactive ketones (excluding diaryl/α,β-unsaturated/α-hetero) is 1. The number of rotatable bonds is 19. The Labute approximate surface area is 225 Å². The van der Waals surface area contributed by atoms with Crippen LogP contribution < -0.4 is 4.74 Å². The highest BCUT2D eigenvalue weighted by Gasteiger charge is 2.59. The van der Waals surface area contributed by atoms with Gasteiger partial charge in [0, 0.05) is 18.6 Å². The standard InChI is InChI=1S/C28H45NO9/c1-2-3-4-5-6-7-8-9-10-11-12-13-14-15-24(31)28(27(34)26(33)25(32)23(20-30)38-28)37-22-18-16-21(17-19-22)29(35)36/h16-19,23,25-27,30,32-34H,2-15,20H2,1H3/t23-,25-,26+,27-,28+/m1/s1. The number of aliphatic hydroxyl groups excluding tert-OH is 4. The number of nitro benzene ring substituents is 1. The molecule has 0 aromatic heterocycles. The van der Waals surface area contributed by atoms with Crippen LogP contribution in [-0.2, 0) is 9.53 Å². The molecule has 4 N–H and O–H groups in total. The maximum atomic E-state index is 13.3. The van der Waals surface area contributed by atoms with Crippen molar-refractivity contribution in [3.63, 3.8) is 0 Å². The Morgan fingerprint density at radius 1 is 0.895 bits per heavy atom. The number of benzene rings is 1. The zero-order chi connectivity index (χ0) is 28.0. The minimum atomic E-state index is -2.38. The third kappa shape index (κ3) is 9.27. The number of carbonyl (C=O) groups excluding carboxylic acids is 1. The number of aliphatic hydroxyl groups is 4. The molecule has 38 heavy (non-hydrogen) atoms. The minimum absolute atomic E-state index is 0.00589. The summed E-state index contributed by atoms with van der Waals surface area (Å²) < 4.78 is 11.3. The van der Waals surface area contributed by atoms with E-state index in [2.05, 4.69) is 6.92 Å². The molecule has 5 atom stereocenters. The fraction of sp³-hybridized carbons (Fsp3) is 0.750. The normalized spacial score (nSPS) is 25.3. The number of carbonyl (C=O) groups is 1. The second-order valence-corrected chi connectivity index (χ2v) is 10.2. The van der Waals surface area contributed by atoms with E-state index >= 15 is 0 Å². The van der Waals surface area contributed by atoms with Gasteiger partial charge in [-0.05, 0) is 18.6 Å². The molecule has 0 unspecified atom stereocenters. The van der Waals surface area contributed by atoms with Gasteiger partial charge in [-0.25, -0.2) is 0 Å². The van der Waals surface area contributed by atoms with E-state index in [1.165, 1.54) is 75.6 Å². The van der Waals surface area contributed by atoms with Gasteiger partial charge in [0.25, 0.3) is 11.5 Å². The maximum Gasteiger partial charge on any atom is 0.299 e. The Morgan fingerprint density at radius 2 is 1.39 bits per heavy atom. The first kappa shape index (κ1) is 32.1. The van der Waals surface area contributed by atoms with Gasteiger partial charge in [-0.15, -0.1) is 0 Å². The number of hydrogen-bond donors (Lipinski definition) is 4. The first-order chi connectivity index (χ1) is 18.3. The summed E-state index contributed by atoms with van der Waals surface area (Å²) in [6, 6.07) is 4.84. The van der Waals surface area contributed by atoms with Crippen LogP contribution in [0, 0.1) is 10.1 Å². The highest BCUT2D eigenvalue weighted by atomic mass is 16.7. The number of hydrogen-bond acceptors (Lipinski definition) is 9. The van der Waals surface area contributed by atoms with Crippen molar-refractivity contribution in [2.24, 2.45) is 0 Å². The van der Waals surface area contributed by atoms with Gasteiger partial charge in [0.05, 0.1) is 11.5 Å². The Bertz CT molecular complexity index is 832. The molecule has 0 bridgehead atoms. The molecular formula is C28H45NO9. The average molecular weight is 540 g/mol. The first-order valence-electron chi connectivity index (χ1n) is 14.1. The molecule has 0 aliphatic carbocycles. The van der Waals surface area contributed by atoms with E-state index in [0.717, 1.165) is 25.7 Å². The summed E-state index contributed by atoms with van der Waals surface area (Å²) in [5.41, 5.74) is -0.196. The van der Waals surface area contributed by atoms with Crippen molar-refractivity contribution in [2.45, 2.75) is 127 Å². The lowest BCUT2D eigenvalue weighted by atomic mass is 9.88. The molecule has 216 valence electrons. The topological polar surface area (TPSA) is 160 Å². The van der Waals surface area contributed by atoms with E-state index in [9.17, 15) is 35.3 Å². The van der Waals surface area contributed by atoms with Crippen molar-refractivity contribution in [2.75, 3.05) is 6.61 Å². The number of ether oxygens (including phenoxy) is 2. The van der Waals surface area contributed by atoms with Gasteiger partial charge in [-0.1, -0.05) is 84.0 Å². The quantitative estimate of drug-likeness (QED) is 0.115. The van der Waals surface area contributed by atoms with E-state index in [4.69, 9.17) is 9.47 Å². The molecule has 1 aromatic rings. The number of ketones is 1. The molecule has 2 rings (SSSR count). The molecule has 0 radical (unpaired) electrons. The molecule has 0 spiro atoms. The molecule has 10 heteroatoms. The Balaban J connectivity index is 1.88. The molecule has 1 fully saturated rings. The van der Waals surface area contributed by atoms with Crippen LogP contribution in [0.3, 0.4) is 0 Å². The fourth-order valence-corrected chi connectivity index (χ4v) is 4.80. The third-order valence-electron chi connectivity index (χ3n) is 7.16. The van der Waals surface area contributed by atoms with Crippen LogP contribution in [0.1, 0.15) is 96.8 Å². The van der Waals surface area contributed by atoms with Crippen LogP contribution in [0.4, 0.5) is 5.69 Å². The number of non-ortho nitro benzene ring substituents is 1. The summed E-state index contributed by atoms with van der Waals surface area (Å²) in [5.74, 6) is -3.02. The van der Waals surface area contributed by atoms with Crippen LogP contribution in [0.2, 0.25) is 0 Å². The van der Waals surface area contributed by atoms with E-state index < -0.39 is 47.5 Å². The highest BCUT2D eigenvalue weighted by Crippen LogP contribution is 2.35. The fourth-order valence-electron chi connectivity index (χ4n) is 4.80. The van der Waals surface area contributed by atoms with Gasteiger partial charge in [0.15, 0.2) is 6.10 Å². The second-order valence-electron chi connectivity index (χ2n) is 10.2. The molecule has 10 nitrogen and oxygen atoms in total. The van der Waals surface area contributed by atoms with Crippen LogP contribution in [0.5, 0.6) is 5.75 Å². The van der Waals surface area contributed by atoms with Gasteiger partial charge >= 0.3 is 0 Å². The molecule has 1 aromatic carbocycles. The van der Waals surface area contributed by atoms with Crippen LogP contribution in [-0.4, -0.2) is 67.9 Å². The lowest BCUT2D eigenvalue weighted by Crippen LogP contribution is -2.70. The zero-order valence-corrected chi connectivity index (χ0v) is 22.5. The average Bonchev–Trinajstić information content (AvgIpc) is 2.91.